The van der Waals surface area contributed by atoms with Gasteiger partial charge in [0.05, 0.1) is 10.0 Å². The van der Waals surface area contributed by atoms with Gasteiger partial charge in [0.25, 0.3) is 0 Å². The van der Waals surface area contributed by atoms with E-state index >= 15 is 0 Å². The first-order valence-corrected chi connectivity index (χ1v) is 10.2. The van der Waals surface area contributed by atoms with E-state index in [1.807, 2.05) is 18.2 Å². The van der Waals surface area contributed by atoms with Crippen molar-refractivity contribution in [3.63, 3.8) is 0 Å². The molecule has 3 aromatic rings. The summed E-state index contributed by atoms with van der Waals surface area (Å²) in [6.07, 6.45) is 0. The molecule has 0 amide bonds. The SMILES string of the molecule is Cc1ccc(NCc2cc(Cl)c(OCc3ccc(Cl)cc3Cl)c(Cl)c2)c(C)c1. The smallest absolute Gasteiger partial charge is 0.156 e. The lowest BCUT2D eigenvalue weighted by Crippen LogP contribution is -2.03. The van der Waals surface area contributed by atoms with Crippen molar-refractivity contribution in [3.8, 4) is 5.75 Å². The van der Waals surface area contributed by atoms with Gasteiger partial charge in [0.2, 0.25) is 0 Å². The largest absolute Gasteiger partial charge is 0.486 e. The van der Waals surface area contributed by atoms with Crippen LogP contribution in [0.4, 0.5) is 5.69 Å². The Morgan fingerprint density at radius 2 is 1.54 bits per heavy atom. The van der Waals surface area contributed by atoms with Crippen molar-refractivity contribution in [2.45, 2.75) is 27.0 Å². The molecule has 3 rings (SSSR count). The third kappa shape index (κ3) is 5.27. The van der Waals surface area contributed by atoms with Crippen molar-refractivity contribution in [2.75, 3.05) is 5.32 Å². The van der Waals surface area contributed by atoms with E-state index in [1.54, 1.807) is 12.1 Å². The van der Waals surface area contributed by atoms with Gasteiger partial charge in [-0.05, 0) is 55.3 Å². The van der Waals surface area contributed by atoms with Crippen LogP contribution in [-0.4, -0.2) is 0 Å². The lowest BCUT2D eigenvalue weighted by atomic mass is 10.1. The molecule has 1 N–H and O–H groups in total. The van der Waals surface area contributed by atoms with Crippen molar-refractivity contribution >= 4 is 52.1 Å². The Balaban J connectivity index is 1.70. The van der Waals surface area contributed by atoms with E-state index in [-0.39, 0.29) is 6.61 Å². The standard InChI is InChI=1S/C22H19Cl4NO/c1-13-3-6-21(14(2)7-13)27-11-15-8-19(25)22(20(26)9-15)28-12-16-4-5-17(23)10-18(16)24/h3-10,27H,11-12H2,1-2H3. The van der Waals surface area contributed by atoms with Crippen LogP contribution in [0.2, 0.25) is 20.1 Å². The molecule has 0 bridgehead atoms. The third-order valence-corrected chi connectivity index (χ3v) is 5.46. The van der Waals surface area contributed by atoms with Gasteiger partial charge in [0, 0.05) is 27.8 Å². The highest BCUT2D eigenvalue weighted by Gasteiger charge is 2.12. The number of hydrogen-bond donors (Lipinski definition) is 1. The number of nitrogens with one attached hydrogen (secondary N) is 1. The van der Waals surface area contributed by atoms with E-state index in [9.17, 15) is 0 Å². The number of aryl methyl sites for hydroxylation is 2. The van der Waals surface area contributed by atoms with Crippen LogP contribution < -0.4 is 10.1 Å². The van der Waals surface area contributed by atoms with Crippen LogP contribution in [0, 0.1) is 13.8 Å². The summed E-state index contributed by atoms with van der Waals surface area (Å²) in [5, 5.41) is 5.43. The van der Waals surface area contributed by atoms with Crippen LogP contribution >= 0.6 is 46.4 Å². The Hall–Kier alpha value is -1.58. The molecule has 0 fully saturated rings. The highest BCUT2D eigenvalue weighted by Crippen LogP contribution is 2.35. The van der Waals surface area contributed by atoms with E-state index in [2.05, 4.69) is 37.4 Å². The van der Waals surface area contributed by atoms with Crippen LogP contribution in [0.1, 0.15) is 22.3 Å². The molecule has 0 saturated carbocycles. The monoisotopic (exact) mass is 453 g/mol. The number of anilines is 1. The first-order valence-electron chi connectivity index (χ1n) is 8.69. The summed E-state index contributed by atoms with van der Waals surface area (Å²) in [6.45, 7) is 5.00. The molecule has 0 spiro atoms. The van der Waals surface area contributed by atoms with Gasteiger partial charge in [-0.25, -0.2) is 0 Å². The summed E-state index contributed by atoms with van der Waals surface area (Å²) in [5.41, 5.74) is 5.27. The Morgan fingerprint density at radius 3 is 2.18 bits per heavy atom. The second-order valence-electron chi connectivity index (χ2n) is 6.58. The lowest BCUT2D eigenvalue weighted by Gasteiger charge is -2.14. The summed E-state index contributed by atoms with van der Waals surface area (Å²) in [4.78, 5) is 0. The molecule has 0 aliphatic rings. The molecule has 28 heavy (non-hydrogen) atoms. The van der Waals surface area contributed by atoms with Crippen molar-refractivity contribution in [1.82, 2.24) is 0 Å². The minimum atomic E-state index is 0.246. The summed E-state index contributed by atoms with van der Waals surface area (Å²) in [6, 6.07) is 15.2. The van der Waals surface area contributed by atoms with Gasteiger partial charge in [-0.3, -0.25) is 0 Å². The Bertz CT molecular complexity index is 981. The maximum atomic E-state index is 6.41. The fourth-order valence-corrected chi connectivity index (χ4v) is 3.95. The number of ether oxygens (including phenoxy) is 1. The van der Waals surface area contributed by atoms with E-state index in [0.29, 0.717) is 32.4 Å². The summed E-state index contributed by atoms with van der Waals surface area (Å²) in [5.74, 6) is 0.435. The molecule has 3 aromatic carbocycles. The van der Waals surface area contributed by atoms with E-state index in [4.69, 9.17) is 51.1 Å². The van der Waals surface area contributed by atoms with Crippen molar-refractivity contribution in [3.05, 3.63) is 90.9 Å². The highest BCUT2D eigenvalue weighted by molar-refractivity contribution is 6.37. The molecule has 0 atom stereocenters. The second kappa shape index (κ2) is 9.28. The number of halogens is 4. The Labute approximate surface area is 185 Å². The summed E-state index contributed by atoms with van der Waals surface area (Å²) >= 11 is 24.9. The van der Waals surface area contributed by atoms with Gasteiger partial charge in [-0.1, -0.05) is 70.2 Å². The molecule has 2 nitrogen and oxygen atoms in total. The van der Waals surface area contributed by atoms with E-state index < -0.39 is 0 Å². The molecule has 0 heterocycles. The lowest BCUT2D eigenvalue weighted by molar-refractivity contribution is 0.306. The molecule has 0 unspecified atom stereocenters. The van der Waals surface area contributed by atoms with Crippen molar-refractivity contribution < 1.29 is 4.74 Å². The van der Waals surface area contributed by atoms with Gasteiger partial charge in [-0.15, -0.1) is 0 Å². The first kappa shape index (κ1) is 21.1. The number of hydrogen-bond acceptors (Lipinski definition) is 2. The normalized spacial score (nSPS) is 10.8. The average Bonchev–Trinajstić information content (AvgIpc) is 2.62. The van der Waals surface area contributed by atoms with Gasteiger partial charge < -0.3 is 10.1 Å². The summed E-state index contributed by atoms with van der Waals surface area (Å²) < 4.78 is 5.81. The third-order valence-electron chi connectivity index (χ3n) is 4.31. The zero-order chi connectivity index (χ0) is 20.3. The van der Waals surface area contributed by atoms with Crippen LogP contribution in [0.25, 0.3) is 0 Å². The maximum absolute atomic E-state index is 6.41. The molecule has 0 saturated heterocycles. The zero-order valence-electron chi connectivity index (χ0n) is 15.5. The molecule has 0 aliphatic carbocycles. The second-order valence-corrected chi connectivity index (χ2v) is 8.24. The fourth-order valence-electron chi connectivity index (χ4n) is 2.85. The van der Waals surface area contributed by atoms with E-state index in [0.717, 1.165) is 16.8 Å². The van der Waals surface area contributed by atoms with Gasteiger partial charge in [-0.2, -0.15) is 0 Å². The van der Waals surface area contributed by atoms with Gasteiger partial charge in [0.15, 0.2) is 5.75 Å². The average molecular weight is 455 g/mol. The Morgan fingerprint density at radius 1 is 0.821 bits per heavy atom. The van der Waals surface area contributed by atoms with Crippen LogP contribution in [0.5, 0.6) is 5.75 Å². The molecular formula is C22H19Cl4NO. The predicted molar refractivity (Wildman–Crippen MR) is 120 cm³/mol. The molecule has 146 valence electrons. The zero-order valence-corrected chi connectivity index (χ0v) is 18.5. The minimum absolute atomic E-state index is 0.246. The van der Waals surface area contributed by atoms with Crippen LogP contribution in [0.3, 0.4) is 0 Å². The molecular weight excluding hydrogens is 436 g/mol. The molecule has 0 aliphatic heterocycles. The molecule has 6 heteroatoms. The summed E-state index contributed by atoms with van der Waals surface area (Å²) in [7, 11) is 0. The van der Waals surface area contributed by atoms with Crippen LogP contribution in [0.15, 0.2) is 48.5 Å². The topological polar surface area (TPSA) is 21.3 Å². The first-order chi connectivity index (χ1) is 13.3. The van der Waals surface area contributed by atoms with Crippen molar-refractivity contribution in [2.24, 2.45) is 0 Å². The van der Waals surface area contributed by atoms with E-state index in [1.165, 1.54) is 11.1 Å². The van der Waals surface area contributed by atoms with Crippen molar-refractivity contribution in [1.29, 1.82) is 0 Å². The quantitative estimate of drug-likeness (QED) is 0.406. The van der Waals surface area contributed by atoms with Gasteiger partial charge >= 0.3 is 0 Å². The molecule has 0 aromatic heterocycles. The maximum Gasteiger partial charge on any atom is 0.156 e. The number of rotatable bonds is 6. The predicted octanol–water partition coefficient (Wildman–Crippen LogP) is 8.11. The minimum Gasteiger partial charge on any atom is -0.486 e. The van der Waals surface area contributed by atoms with Crippen LogP contribution in [-0.2, 0) is 13.2 Å². The Kier molecular flexibility index (Phi) is 7.00. The number of benzene rings is 3. The van der Waals surface area contributed by atoms with Gasteiger partial charge in [0.1, 0.15) is 6.61 Å². The fraction of sp³-hybridized carbons (Fsp3) is 0.182. The molecule has 0 radical (unpaired) electrons. The highest BCUT2D eigenvalue weighted by atomic mass is 35.5.